The van der Waals surface area contributed by atoms with Crippen LogP contribution in [0.15, 0.2) is 18.2 Å². The van der Waals surface area contributed by atoms with Gasteiger partial charge in [-0.25, -0.2) is 0 Å². The molecule has 1 aromatic rings. The molecule has 0 spiro atoms. The Labute approximate surface area is 120 Å². The zero-order valence-corrected chi connectivity index (χ0v) is 12.3. The second-order valence-electron chi connectivity index (χ2n) is 5.23. The molecule has 1 aliphatic heterocycles. The predicted molar refractivity (Wildman–Crippen MR) is 80.0 cm³/mol. The molecule has 5 nitrogen and oxygen atoms in total. The molecule has 1 heterocycles. The van der Waals surface area contributed by atoms with Crippen molar-refractivity contribution in [1.29, 1.82) is 0 Å². The van der Waals surface area contributed by atoms with E-state index >= 15 is 0 Å². The van der Waals surface area contributed by atoms with Gasteiger partial charge in [-0.15, -0.1) is 0 Å². The Morgan fingerprint density at radius 2 is 2.10 bits per heavy atom. The molecule has 110 valence electrons. The first-order valence-corrected chi connectivity index (χ1v) is 7.03. The van der Waals surface area contributed by atoms with Crippen molar-refractivity contribution in [2.45, 2.75) is 12.8 Å². The standard InChI is InChI=1S/C15H23N3O2/c1-17(9-10-18-7-3-4-8-18)15(19)12-5-6-14(20-2)13(16)11-12/h5-6,11H,3-4,7-10,16H2,1-2H3. The van der Waals surface area contributed by atoms with E-state index in [4.69, 9.17) is 10.5 Å². The lowest BCUT2D eigenvalue weighted by Gasteiger charge is -2.21. The minimum absolute atomic E-state index is 0.00134. The Morgan fingerprint density at radius 1 is 1.40 bits per heavy atom. The number of rotatable bonds is 5. The first-order valence-electron chi connectivity index (χ1n) is 7.03. The monoisotopic (exact) mass is 277 g/mol. The van der Waals surface area contributed by atoms with Crippen LogP contribution in [0.2, 0.25) is 0 Å². The van der Waals surface area contributed by atoms with E-state index < -0.39 is 0 Å². The van der Waals surface area contributed by atoms with Gasteiger partial charge in [0.25, 0.3) is 5.91 Å². The van der Waals surface area contributed by atoms with Gasteiger partial charge in [0.2, 0.25) is 0 Å². The molecule has 5 heteroatoms. The number of likely N-dealkylation sites (tertiary alicyclic amines) is 1. The first kappa shape index (κ1) is 14.7. The van der Waals surface area contributed by atoms with E-state index in [-0.39, 0.29) is 5.91 Å². The van der Waals surface area contributed by atoms with Crippen LogP contribution >= 0.6 is 0 Å². The molecule has 20 heavy (non-hydrogen) atoms. The number of amides is 1. The molecule has 0 atom stereocenters. The van der Waals surface area contributed by atoms with Crippen molar-refractivity contribution in [2.24, 2.45) is 0 Å². The molecule has 1 fully saturated rings. The third-order valence-corrected chi connectivity index (χ3v) is 3.77. The summed E-state index contributed by atoms with van der Waals surface area (Å²) in [6, 6.07) is 5.16. The number of likely N-dealkylation sites (N-methyl/N-ethyl adjacent to an activating group) is 1. The fourth-order valence-corrected chi connectivity index (χ4v) is 2.49. The van der Waals surface area contributed by atoms with Crippen LogP contribution in [0, 0.1) is 0 Å². The highest BCUT2D eigenvalue weighted by molar-refractivity contribution is 5.95. The van der Waals surface area contributed by atoms with Crippen LogP contribution in [0.4, 0.5) is 5.69 Å². The van der Waals surface area contributed by atoms with Gasteiger partial charge in [0, 0.05) is 25.7 Å². The molecule has 1 saturated heterocycles. The number of benzene rings is 1. The number of nitrogen functional groups attached to an aromatic ring is 1. The SMILES string of the molecule is COc1ccc(C(=O)N(C)CCN2CCCC2)cc1N. The zero-order chi connectivity index (χ0) is 14.5. The maximum atomic E-state index is 12.3. The minimum Gasteiger partial charge on any atom is -0.495 e. The number of methoxy groups -OCH3 is 1. The van der Waals surface area contributed by atoms with Crippen LogP contribution in [0.3, 0.4) is 0 Å². The Bertz CT molecular complexity index is 470. The maximum Gasteiger partial charge on any atom is 0.253 e. The summed E-state index contributed by atoms with van der Waals surface area (Å²) in [6.07, 6.45) is 2.54. The smallest absolute Gasteiger partial charge is 0.253 e. The molecule has 0 saturated carbocycles. The molecule has 1 aliphatic rings. The molecule has 1 aromatic carbocycles. The van der Waals surface area contributed by atoms with Crippen LogP contribution < -0.4 is 10.5 Å². The van der Waals surface area contributed by atoms with Crippen LogP contribution in [0.1, 0.15) is 23.2 Å². The molecule has 0 radical (unpaired) electrons. The van der Waals surface area contributed by atoms with Crippen molar-refractivity contribution < 1.29 is 9.53 Å². The maximum absolute atomic E-state index is 12.3. The molecule has 0 bridgehead atoms. The summed E-state index contributed by atoms with van der Waals surface area (Å²) in [5.41, 5.74) is 6.94. The second-order valence-corrected chi connectivity index (χ2v) is 5.23. The summed E-state index contributed by atoms with van der Waals surface area (Å²) in [7, 11) is 3.40. The Balaban J connectivity index is 1.93. The van der Waals surface area contributed by atoms with E-state index in [9.17, 15) is 4.79 Å². The van der Waals surface area contributed by atoms with Gasteiger partial charge in [0.1, 0.15) is 5.75 Å². The highest BCUT2D eigenvalue weighted by atomic mass is 16.5. The third kappa shape index (κ3) is 3.42. The van der Waals surface area contributed by atoms with E-state index in [1.54, 1.807) is 30.2 Å². The van der Waals surface area contributed by atoms with E-state index in [2.05, 4.69) is 4.90 Å². The van der Waals surface area contributed by atoms with Gasteiger partial charge in [-0.1, -0.05) is 0 Å². The quantitative estimate of drug-likeness (QED) is 0.828. The van der Waals surface area contributed by atoms with E-state index in [1.165, 1.54) is 12.8 Å². The van der Waals surface area contributed by atoms with Gasteiger partial charge in [0.15, 0.2) is 0 Å². The normalized spacial score (nSPS) is 15.3. The molecule has 2 rings (SSSR count). The van der Waals surface area contributed by atoms with Crippen LogP contribution in [-0.2, 0) is 0 Å². The van der Waals surface area contributed by atoms with Crippen molar-refractivity contribution in [1.82, 2.24) is 9.80 Å². The molecule has 1 amide bonds. The number of hydrogen-bond acceptors (Lipinski definition) is 4. The lowest BCUT2D eigenvalue weighted by molar-refractivity contribution is 0.0782. The van der Waals surface area contributed by atoms with Crippen LogP contribution in [0.25, 0.3) is 0 Å². The number of nitrogens with two attached hydrogens (primary N) is 1. The second kappa shape index (κ2) is 6.61. The average Bonchev–Trinajstić information content (AvgIpc) is 2.97. The molecule has 0 unspecified atom stereocenters. The van der Waals surface area contributed by atoms with E-state index in [1.807, 2.05) is 7.05 Å². The third-order valence-electron chi connectivity index (χ3n) is 3.77. The summed E-state index contributed by atoms with van der Waals surface area (Å²) >= 11 is 0. The van der Waals surface area contributed by atoms with Crippen molar-refractivity contribution in [3.05, 3.63) is 23.8 Å². The Morgan fingerprint density at radius 3 is 2.70 bits per heavy atom. The Hall–Kier alpha value is -1.75. The lowest BCUT2D eigenvalue weighted by Crippen LogP contribution is -2.35. The topological polar surface area (TPSA) is 58.8 Å². The summed E-state index contributed by atoms with van der Waals surface area (Å²) in [5.74, 6) is 0.597. The van der Waals surface area contributed by atoms with Gasteiger partial charge in [-0.3, -0.25) is 4.79 Å². The first-order chi connectivity index (χ1) is 9.61. The van der Waals surface area contributed by atoms with E-state index in [0.717, 1.165) is 26.2 Å². The zero-order valence-electron chi connectivity index (χ0n) is 12.3. The highest BCUT2D eigenvalue weighted by Crippen LogP contribution is 2.22. The van der Waals surface area contributed by atoms with Crippen LogP contribution in [-0.4, -0.2) is 56.0 Å². The summed E-state index contributed by atoms with van der Waals surface area (Å²) in [4.78, 5) is 16.5. The number of hydrogen-bond donors (Lipinski definition) is 1. The predicted octanol–water partition coefficient (Wildman–Crippen LogP) is 1.45. The van der Waals surface area contributed by atoms with Crippen molar-refractivity contribution in [3.63, 3.8) is 0 Å². The van der Waals surface area contributed by atoms with Crippen molar-refractivity contribution in [3.8, 4) is 5.75 Å². The number of carbonyl (C=O) groups is 1. The number of nitrogens with zero attached hydrogens (tertiary/aromatic N) is 2. The number of anilines is 1. The fraction of sp³-hybridized carbons (Fsp3) is 0.533. The average molecular weight is 277 g/mol. The van der Waals surface area contributed by atoms with E-state index in [0.29, 0.717) is 17.0 Å². The van der Waals surface area contributed by atoms with Crippen molar-refractivity contribution in [2.75, 3.05) is 46.1 Å². The minimum atomic E-state index is -0.00134. The number of carbonyl (C=O) groups excluding carboxylic acids is 1. The lowest BCUT2D eigenvalue weighted by atomic mass is 10.1. The molecular weight excluding hydrogens is 254 g/mol. The Kier molecular flexibility index (Phi) is 4.84. The fourth-order valence-electron chi connectivity index (χ4n) is 2.49. The van der Waals surface area contributed by atoms with Crippen molar-refractivity contribution >= 4 is 11.6 Å². The highest BCUT2D eigenvalue weighted by Gasteiger charge is 2.16. The summed E-state index contributed by atoms with van der Waals surface area (Å²) < 4.78 is 5.10. The molecular formula is C15H23N3O2. The largest absolute Gasteiger partial charge is 0.495 e. The molecule has 2 N–H and O–H groups in total. The number of ether oxygens (including phenoxy) is 1. The summed E-state index contributed by atoms with van der Waals surface area (Å²) in [6.45, 7) is 3.98. The van der Waals surface area contributed by atoms with Gasteiger partial charge in [-0.2, -0.15) is 0 Å². The van der Waals surface area contributed by atoms with Crippen LogP contribution in [0.5, 0.6) is 5.75 Å². The molecule has 0 aromatic heterocycles. The van der Waals surface area contributed by atoms with Gasteiger partial charge in [0.05, 0.1) is 12.8 Å². The van der Waals surface area contributed by atoms with Gasteiger partial charge in [-0.05, 0) is 44.1 Å². The summed E-state index contributed by atoms with van der Waals surface area (Å²) in [5, 5.41) is 0. The van der Waals surface area contributed by atoms with Gasteiger partial charge < -0.3 is 20.3 Å². The van der Waals surface area contributed by atoms with Gasteiger partial charge >= 0.3 is 0 Å². The molecule has 0 aliphatic carbocycles.